The summed E-state index contributed by atoms with van der Waals surface area (Å²) in [4.78, 5) is 0. The molecule has 1 atom stereocenters. The highest BCUT2D eigenvalue weighted by atomic mass is 15.1. The molecule has 0 heterocycles. The van der Waals surface area contributed by atoms with Gasteiger partial charge in [-0.05, 0) is 25.5 Å². The molecule has 0 aliphatic rings. The van der Waals surface area contributed by atoms with E-state index in [0.717, 1.165) is 12.1 Å². The summed E-state index contributed by atoms with van der Waals surface area (Å²) in [7, 11) is 0. The van der Waals surface area contributed by atoms with Crippen LogP contribution in [-0.2, 0) is 0 Å². The molecule has 0 aliphatic carbocycles. The van der Waals surface area contributed by atoms with Gasteiger partial charge in [-0.15, -0.1) is 0 Å². The Morgan fingerprint density at radius 2 is 1.92 bits per heavy atom. The lowest BCUT2D eigenvalue weighted by molar-refractivity contribution is 0.680. The summed E-state index contributed by atoms with van der Waals surface area (Å²) in [5.41, 5.74) is 0.929. The molecule has 0 N–H and O–H groups in total. The van der Waals surface area contributed by atoms with Gasteiger partial charge >= 0.3 is 0 Å². The third-order valence-corrected chi connectivity index (χ3v) is 1.72. The van der Waals surface area contributed by atoms with Crippen LogP contribution < -0.4 is 0 Å². The van der Waals surface area contributed by atoms with E-state index in [1.807, 2.05) is 30.3 Å². The summed E-state index contributed by atoms with van der Waals surface area (Å²) in [5.74, 6) is 0. The fraction of sp³-hybridized carbons (Fsp3) is 0.400. The maximum Gasteiger partial charge on any atom is 0.0852 e. The van der Waals surface area contributed by atoms with E-state index < -0.39 is 0 Å². The number of hydrogen-bond donors (Lipinski definition) is 0. The van der Waals surface area contributed by atoms with E-state index in [1.165, 1.54) is 0 Å². The van der Waals surface area contributed by atoms with Gasteiger partial charge in [0.25, 0.3) is 0 Å². The first-order valence-electron chi connectivity index (χ1n) is 4.29. The molecule has 0 spiro atoms. The smallest absolute Gasteiger partial charge is 0.0852 e. The van der Waals surface area contributed by atoms with E-state index in [1.54, 1.807) is 0 Å². The summed E-state index contributed by atoms with van der Waals surface area (Å²) in [5, 5.41) is 8.24. The van der Waals surface area contributed by atoms with Crippen molar-refractivity contribution in [3.8, 4) is 0 Å². The second-order valence-electron chi connectivity index (χ2n) is 2.81. The summed E-state index contributed by atoms with van der Waals surface area (Å²) in [6.07, 6.45) is 1.04. The second kappa shape index (κ2) is 4.65. The van der Waals surface area contributed by atoms with Crippen molar-refractivity contribution in [2.24, 2.45) is 10.2 Å². The van der Waals surface area contributed by atoms with Crippen molar-refractivity contribution < 1.29 is 0 Å². The van der Waals surface area contributed by atoms with E-state index in [0.29, 0.717) is 6.04 Å². The van der Waals surface area contributed by atoms with Gasteiger partial charge < -0.3 is 0 Å². The molecule has 0 fully saturated rings. The van der Waals surface area contributed by atoms with Gasteiger partial charge in [0.15, 0.2) is 0 Å². The van der Waals surface area contributed by atoms with Gasteiger partial charge in [0.1, 0.15) is 0 Å². The molecule has 0 radical (unpaired) electrons. The average Bonchev–Trinajstić information content (AvgIpc) is 2.16. The highest BCUT2D eigenvalue weighted by molar-refractivity contribution is 5.34. The first-order valence-corrected chi connectivity index (χ1v) is 4.29. The molecule has 0 amide bonds. The third kappa shape index (κ3) is 2.82. The van der Waals surface area contributed by atoms with Crippen LogP contribution in [0.15, 0.2) is 40.6 Å². The van der Waals surface area contributed by atoms with E-state index in [9.17, 15) is 0 Å². The summed E-state index contributed by atoms with van der Waals surface area (Å²) >= 11 is 0. The Balaban J connectivity index is 2.58. The van der Waals surface area contributed by atoms with E-state index in [4.69, 9.17) is 0 Å². The number of rotatable bonds is 3. The van der Waals surface area contributed by atoms with Crippen molar-refractivity contribution in [2.45, 2.75) is 26.3 Å². The monoisotopic (exact) mass is 162 g/mol. The van der Waals surface area contributed by atoms with Crippen molar-refractivity contribution >= 4 is 5.69 Å². The largest absolute Gasteiger partial charge is 0.186 e. The zero-order chi connectivity index (χ0) is 8.81. The maximum absolute atomic E-state index is 4.14. The number of hydrogen-bond acceptors (Lipinski definition) is 2. The summed E-state index contributed by atoms with van der Waals surface area (Å²) < 4.78 is 0. The SMILES string of the molecule is CCC(C)N=Nc1ccccc1. The molecule has 0 saturated carbocycles. The Bertz CT molecular complexity index is 241. The van der Waals surface area contributed by atoms with E-state index in [2.05, 4.69) is 24.1 Å². The minimum Gasteiger partial charge on any atom is -0.186 e. The molecule has 0 aromatic heterocycles. The molecule has 0 saturated heterocycles. The molecular formula is C10H14N2. The van der Waals surface area contributed by atoms with Gasteiger partial charge in [-0.2, -0.15) is 10.2 Å². The van der Waals surface area contributed by atoms with Crippen LogP contribution in [0.25, 0.3) is 0 Å². The summed E-state index contributed by atoms with van der Waals surface area (Å²) in [6, 6.07) is 10.1. The van der Waals surface area contributed by atoms with E-state index in [-0.39, 0.29) is 0 Å². The highest BCUT2D eigenvalue weighted by Crippen LogP contribution is 2.11. The van der Waals surface area contributed by atoms with Crippen LogP contribution in [0.5, 0.6) is 0 Å². The first-order chi connectivity index (χ1) is 5.83. The van der Waals surface area contributed by atoms with Gasteiger partial charge in [0.2, 0.25) is 0 Å². The minimum atomic E-state index is 0.324. The molecule has 1 aromatic carbocycles. The maximum atomic E-state index is 4.14. The predicted molar refractivity (Wildman–Crippen MR) is 50.7 cm³/mol. The van der Waals surface area contributed by atoms with Crippen LogP contribution in [0.1, 0.15) is 20.3 Å². The molecule has 1 rings (SSSR count). The Hall–Kier alpha value is -1.18. The van der Waals surface area contributed by atoms with Gasteiger partial charge in [0, 0.05) is 0 Å². The molecule has 2 nitrogen and oxygen atoms in total. The van der Waals surface area contributed by atoms with Crippen molar-refractivity contribution in [1.82, 2.24) is 0 Å². The van der Waals surface area contributed by atoms with Crippen molar-refractivity contribution in [3.05, 3.63) is 30.3 Å². The molecule has 0 aliphatic heterocycles. The Labute approximate surface area is 73.3 Å². The fourth-order valence-corrected chi connectivity index (χ4v) is 0.742. The van der Waals surface area contributed by atoms with Crippen molar-refractivity contribution in [2.75, 3.05) is 0 Å². The number of benzene rings is 1. The zero-order valence-electron chi connectivity index (χ0n) is 7.57. The Morgan fingerprint density at radius 3 is 2.50 bits per heavy atom. The number of azo groups is 1. The lowest BCUT2D eigenvalue weighted by atomic mass is 10.3. The summed E-state index contributed by atoms with van der Waals surface area (Å²) in [6.45, 7) is 4.17. The van der Waals surface area contributed by atoms with Crippen LogP contribution in [0.4, 0.5) is 5.69 Å². The average molecular weight is 162 g/mol. The molecule has 2 heteroatoms. The standard InChI is InChI=1S/C10H14N2/c1-3-9(2)11-12-10-7-5-4-6-8-10/h4-9H,3H2,1-2H3. The van der Waals surface area contributed by atoms with Gasteiger partial charge in [0.05, 0.1) is 11.7 Å². The van der Waals surface area contributed by atoms with Crippen LogP contribution in [0, 0.1) is 0 Å². The van der Waals surface area contributed by atoms with Gasteiger partial charge in [-0.1, -0.05) is 25.1 Å². The number of nitrogens with zero attached hydrogens (tertiary/aromatic N) is 2. The Morgan fingerprint density at radius 1 is 1.25 bits per heavy atom. The zero-order valence-corrected chi connectivity index (χ0v) is 7.57. The lowest BCUT2D eigenvalue weighted by Crippen LogP contribution is -1.91. The normalized spacial score (nSPS) is 13.5. The molecule has 64 valence electrons. The second-order valence-corrected chi connectivity index (χ2v) is 2.81. The third-order valence-electron chi connectivity index (χ3n) is 1.72. The fourth-order valence-electron chi connectivity index (χ4n) is 0.742. The molecule has 1 unspecified atom stereocenters. The lowest BCUT2D eigenvalue weighted by Gasteiger charge is -1.97. The first kappa shape index (κ1) is 8.91. The minimum absolute atomic E-state index is 0.324. The van der Waals surface area contributed by atoms with Crippen molar-refractivity contribution in [1.29, 1.82) is 0 Å². The molecular weight excluding hydrogens is 148 g/mol. The molecule has 12 heavy (non-hydrogen) atoms. The van der Waals surface area contributed by atoms with Gasteiger partial charge in [-0.25, -0.2) is 0 Å². The molecule has 0 bridgehead atoms. The predicted octanol–water partition coefficient (Wildman–Crippen LogP) is 3.57. The highest BCUT2D eigenvalue weighted by Gasteiger charge is 1.92. The quantitative estimate of drug-likeness (QED) is 0.607. The van der Waals surface area contributed by atoms with Gasteiger partial charge in [-0.3, -0.25) is 0 Å². The van der Waals surface area contributed by atoms with Crippen LogP contribution >= 0.6 is 0 Å². The molecule has 1 aromatic rings. The van der Waals surface area contributed by atoms with E-state index >= 15 is 0 Å². The topological polar surface area (TPSA) is 24.7 Å². The Kier molecular flexibility index (Phi) is 3.45. The van der Waals surface area contributed by atoms with Crippen LogP contribution in [0.3, 0.4) is 0 Å². The van der Waals surface area contributed by atoms with Crippen LogP contribution in [0.2, 0.25) is 0 Å². The van der Waals surface area contributed by atoms with Crippen LogP contribution in [-0.4, -0.2) is 6.04 Å². The van der Waals surface area contributed by atoms with Crippen molar-refractivity contribution in [3.63, 3.8) is 0 Å².